The molecular formula is C26H36N6. The molecule has 3 aliphatic heterocycles. The molecule has 2 saturated heterocycles. The van der Waals surface area contributed by atoms with Crippen LogP contribution in [0.25, 0.3) is 0 Å². The minimum absolute atomic E-state index is 0.407. The summed E-state index contributed by atoms with van der Waals surface area (Å²) in [7, 11) is 2.23. The topological polar surface area (TPSA) is 40.4 Å². The summed E-state index contributed by atoms with van der Waals surface area (Å²) in [5.41, 5.74) is 4.03. The largest absolute Gasteiger partial charge is 0.318 e. The van der Waals surface area contributed by atoms with Crippen molar-refractivity contribution < 1.29 is 0 Å². The van der Waals surface area contributed by atoms with E-state index in [1.807, 2.05) is 6.20 Å². The van der Waals surface area contributed by atoms with E-state index in [1.54, 1.807) is 0 Å². The van der Waals surface area contributed by atoms with Gasteiger partial charge in [-0.3, -0.25) is 14.8 Å². The molecule has 0 N–H and O–H groups in total. The number of rotatable bonds is 3. The SMILES string of the molecule is CN1CCN(C2CC=CCc3nc(CN4CCC[C@H]5CCc6cccnc6C54)cn32)CC1. The molecule has 2 unspecified atom stereocenters. The van der Waals surface area contributed by atoms with E-state index in [0.717, 1.165) is 58.0 Å². The minimum atomic E-state index is 0.407. The Balaban J connectivity index is 1.26. The van der Waals surface area contributed by atoms with Gasteiger partial charge in [0.1, 0.15) is 5.82 Å². The van der Waals surface area contributed by atoms with Crippen LogP contribution in [-0.2, 0) is 19.4 Å². The van der Waals surface area contributed by atoms with E-state index < -0.39 is 0 Å². The van der Waals surface area contributed by atoms with Crippen LogP contribution in [0.15, 0.2) is 36.7 Å². The van der Waals surface area contributed by atoms with Crippen LogP contribution < -0.4 is 0 Å². The number of piperazine rings is 1. The fourth-order valence-electron chi connectivity index (χ4n) is 6.44. The fourth-order valence-corrected chi connectivity index (χ4v) is 6.44. The molecule has 0 bridgehead atoms. The Morgan fingerprint density at radius 2 is 1.97 bits per heavy atom. The number of aromatic nitrogens is 3. The summed E-state index contributed by atoms with van der Waals surface area (Å²) in [6.45, 7) is 6.68. The van der Waals surface area contributed by atoms with Crippen molar-refractivity contribution in [3.8, 4) is 0 Å². The molecular weight excluding hydrogens is 396 g/mol. The zero-order valence-corrected chi connectivity index (χ0v) is 19.4. The molecule has 0 spiro atoms. The Morgan fingerprint density at radius 3 is 2.88 bits per heavy atom. The van der Waals surface area contributed by atoms with Gasteiger partial charge in [-0.25, -0.2) is 4.98 Å². The number of aryl methyl sites for hydroxylation is 1. The van der Waals surface area contributed by atoms with E-state index in [-0.39, 0.29) is 0 Å². The molecule has 1 aliphatic carbocycles. The molecule has 0 aromatic carbocycles. The van der Waals surface area contributed by atoms with Crippen molar-refractivity contribution in [2.45, 2.75) is 57.3 Å². The molecule has 6 heteroatoms. The maximum atomic E-state index is 5.17. The number of allylic oxidation sites excluding steroid dienone is 1. The van der Waals surface area contributed by atoms with Crippen LogP contribution in [0.5, 0.6) is 0 Å². The lowest BCUT2D eigenvalue weighted by molar-refractivity contribution is 0.0679. The number of nitrogens with zero attached hydrogens (tertiary/aromatic N) is 6. The monoisotopic (exact) mass is 432 g/mol. The van der Waals surface area contributed by atoms with Crippen LogP contribution in [0, 0.1) is 5.92 Å². The van der Waals surface area contributed by atoms with Crippen molar-refractivity contribution in [2.75, 3.05) is 39.8 Å². The lowest BCUT2D eigenvalue weighted by Gasteiger charge is -2.44. The smallest absolute Gasteiger partial charge is 0.114 e. The van der Waals surface area contributed by atoms with Gasteiger partial charge < -0.3 is 9.47 Å². The zero-order chi connectivity index (χ0) is 21.5. The number of piperidine rings is 1. The Labute approximate surface area is 191 Å². The highest BCUT2D eigenvalue weighted by Gasteiger charge is 2.38. The Kier molecular flexibility index (Phi) is 5.61. The van der Waals surface area contributed by atoms with Gasteiger partial charge in [0, 0.05) is 51.5 Å². The van der Waals surface area contributed by atoms with Crippen molar-refractivity contribution in [2.24, 2.45) is 5.92 Å². The number of pyridine rings is 1. The van der Waals surface area contributed by atoms with Crippen molar-refractivity contribution in [1.29, 1.82) is 0 Å². The highest BCUT2D eigenvalue weighted by Crippen LogP contribution is 2.43. The summed E-state index contributed by atoms with van der Waals surface area (Å²) in [6.07, 6.45) is 16.6. The van der Waals surface area contributed by atoms with E-state index in [1.165, 1.54) is 48.5 Å². The average molecular weight is 433 g/mol. The van der Waals surface area contributed by atoms with E-state index in [2.05, 4.69) is 56.8 Å². The molecule has 32 heavy (non-hydrogen) atoms. The van der Waals surface area contributed by atoms with E-state index in [4.69, 9.17) is 9.97 Å². The normalized spacial score (nSPS) is 29.2. The molecule has 5 heterocycles. The molecule has 170 valence electrons. The van der Waals surface area contributed by atoms with Crippen LogP contribution in [0.3, 0.4) is 0 Å². The number of likely N-dealkylation sites (N-methyl/N-ethyl adjacent to an activating group) is 1. The summed E-state index contributed by atoms with van der Waals surface area (Å²) in [6, 6.07) is 4.85. The summed E-state index contributed by atoms with van der Waals surface area (Å²) < 4.78 is 2.50. The van der Waals surface area contributed by atoms with Crippen LogP contribution in [-0.4, -0.2) is 69.0 Å². The Hall–Kier alpha value is -2.02. The molecule has 6 nitrogen and oxygen atoms in total. The first kappa shape index (κ1) is 20.6. The Bertz CT molecular complexity index is 972. The van der Waals surface area contributed by atoms with Crippen LogP contribution in [0.4, 0.5) is 0 Å². The molecule has 4 aliphatic rings. The second-order valence-electron chi connectivity index (χ2n) is 10.2. The molecule has 2 aromatic heterocycles. The maximum absolute atomic E-state index is 5.17. The van der Waals surface area contributed by atoms with Crippen LogP contribution >= 0.6 is 0 Å². The van der Waals surface area contributed by atoms with Gasteiger partial charge in [-0.15, -0.1) is 0 Å². The number of likely N-dealkylation sites (tertiary alicyclic amines) is 1. The molecule has 3 atom stereocenters. The van der Waals surface area contributed by atoms with Gasteiger partial charge in [-0.2, -0.15) is 0 Å². The third-order valence-electron chi connectivity index (χ3n) is 8.17. The Morgan fingerprint density at radius 1 is 1.06 bits per heavy atom. The first-order valence-corrected chi connectivity index (χ1v) is 12.6. The van der Waals surface area contributed by atoms with Gasteiger partial charge in [0.25, 0.3) is 0 Å². The van der Waals surface area contributed by atoms with Gasteiger partial charge in [0.15, 0.2) is 0 Å². The van der Waals surface area contributed by atoms with Crippen molar-refractivity contribution in [3.63, 3.8) is 0 Å². The fraction of sp³-hybridized carbons (Fsp3) is 0.615. The van der Waals surface area contributed by atoms with E-state index in [9.17, 15) is 0 Å². The highest BCUT2D eigenvalue weighted by atomic mass is 15.4. The van der Waals surface area contributed by atoms with Crippen molar-refractivity contribution >= 4 is 0 Å². The van der Waals surface area contributed by atoms with E-state index in [0.29, 0.717) is 12.2 Å². The standard InChI is InChI=1S/C26H36N6/c1-29-14-16-30(17-15-29)24-9-3-2-8-23-28-22(19-32(23)24)18-31-13-5-7-21-11-10-20-6-4-12-27-25(20)26(21)31/h2-4,6,12,19,21,24,26H,5,7-11,13-18H2,1H3/t21-,24?,26?/m0/s1. The average Bonchev–Trinajstić information content (AvgIpc) is 3.11. The second-order valence-corrected chi connectivity index (χ2v) is 10.2. The molecule has 2 aromatic rings. The van der Waals surface area contributed by atoms with Gasteiger partial charge in [0.05, 0.1) is 23.6 Å². The number of fused-ring (bicyclic) bond motifs is 4. The molecule has 0 amide bonds. The third-order valence-corrected chi connectivity index (χ3v) is 8.17. The number of imidazole rings is 1. The van der Waals surface area contributed by atoms with Gasteiger partial charge in [0.2, 0.25) is 0 Å². The molecule has 6 rings (SSSR count). The summed E-state index contributed by atoms with van der Waals surface area (Å²) >= 11 is 0. The second kappa shape index (κ2) is 8.73. The maximum Gasteiger partial charge on any atom is 0.114 e. The summed E-state index contributed by atoms with van der Waals surface area (Å²) in [5, 5.41) is 0. The lowest BCUT2D eigenvalue weighted by Crippen LogP contribution is -2.47. The first-order valence-electron chi connectivity index (χ1n) is 12.6. The quantitative estimate of drug-likeness (QED) is 0.695. The van der Waals surface area contributed by atoms with Crippen molar-refractivity contribution in [1.82, 2.24) is 29.2 Å². The zero-order valence-electron chi connectivity index (χ0n) is 19.4. The van der Waals surface area contributed by atoms with Crippen LogP contribution in [0.2, 0.25) is 0 Å². The lowest BCUT2D eigenvalue weighted by atomic mass is 9.77. The predicted octanol–water partition coefficient (Wildman–Crippen LogP) is 3.43. The van der Waals surface area contributed by atoms with Gasteiger partial charge >= 0.3 is 0 Å². The summed E-state index contributed by atoms with van der Waals surface area (Å²) in [5.74, 6) is 1.97. The molecule has 2 fully saturated rings. The van der Waals surface area contributed by atoms with Crippen molar-refractivity contribution in [3.05, 3.63) is 59.5 Å². The van der Waals surface area contributed by atoms with E-state index >= 15 is 0 Å². The highest BCUT2D eigenvalue weighted by molar-refractivity contribution is 5.27. The van der Waals surface area contributed by atoms with Crippen LogP contribution in [0.1, 0.15) is 60.7 Å². The van der Waals surface area contributed by atoms with Gasteiger partial charge in [-0.05, 0) is 63.2 Å². The van der Waals surface area contributed by atoms with Gasteiger partial charge in [-0.1, -0.05) is 18.2 Å². The summed E-state index contributed by atoms with van der Waals surface area (Å²) in [4.78, 5) is 17.8. The number of hydrogen-bond donors (Lipinski definition) is 0. The third kappa shape index (κ3) is 3.82. The predicted molar refractivity (Wildman–Crippen MR) is 126 cm³/mol. The minimum Gasteiger partial charge on any atom is -0.318 e. The first-order chi connectivity index (χ1) is 15.8. The molecule has 0 saturated carbocycles. The number of hydrogen-bond acceptors (Lipinski definition) is 5. The molecule has 0 radical (unpaired) electrons.